The Hall–Kier alpha value is -1.83. The minimum Gasteiger partial charge on any atom is -0.462 e. The van der Waals surface area contributed by atoms with Crippen LogP contribution in [-0.4, -0.2) is 48.9 Å². The fourth-order valence-corrected chi connectivity index (χ4v) is 5.25. The maximum absolute atomic E-state index is 12.2. The van der Waals surface area contributed by atoms with E-state index in [-0.39, 0.29) is 24.1 Å². The first kappa shape index (κ1) is 47.3. The molecule has 8 nitrogen and oxygen atoms in total. The molecule has 1 atom stereocenters. The van der Waals surface area contributed by atoms with Gasteiger partial charge in [-0.15, -0.1) is 0 Å². The van der Waals surface area contributed by atoms with Gasteiger partial charge in [0.15, 0.2) is 0 Å². The number of ether oxygens (including phenoxy) is 3. The number of hydrogen-bond acceptors (Lipinski definition) is 7. The van der Waals surface area contributed by atoms with Gasteiger partial charge in [-0.1, -0.05) is 111 Å². The third-order valence-corrected chi connectivity index (χ3v) is 7.91. The zero-order valence-electron chi connectivity index (χ0n) is 32.1. The molecular weight excluding hydrogens is 592 g/mol. The number of rotatable bonds is 29. The molecule has 0 aliphatic carbocycles. The van der Waals surface area contributed by atoms with Crippen molar-refractivity contribution < 1.29 is 28.6 Å². The normalized spacial score (nSPS) is 11.9. The van der Waals surface area contributed by atoms with Crippen LogP contribution in [0.5, 0.6) is 0 Å². The number of esters is 2. The van der Waals surface area contributed by atoms with Crippen LogP contribution in [-0.2, 0) is 23.8 Å². The number of nitrogens with two attached hydrogens (primary N) is 1. The van der Waals surface area contributed by atoms with Crippen LogP contribution in [0.4, 0.5) is 4.79 Å². The van der Waals surface area contributed by atoms with E-state index < -0.39 is 11.7 Å². The second kappa shape index (κ2) is 34.0. The van der Waals surface area contributed by atoms with Crippen LogP contribution in [0, 0.1) is 0 Å². The Labute approximate surface area is 290 Å². The van der Waals surface area contributed by atoms with E-state index in [1.807, 2.05) is 20.8 Å². The van der Waals surface area contributed by atoms with E-state index in [0.717, 1.165) is 51.4 Å². The first-order valence-corrected chi connectivity index (χ1v) is 19.6. The predicted molar refractivity (Wildman–Crippen MR) is 197 cm³/mol. The van der Waals surface area contributed by atoms with Crippen LogP contribution in [0.25, 0.3) is 0 Å². The lowest BCUT2D eigenvalue weighted by atomic mass is 10.0. The molecule has 0 spiro atoms. The van der Waals surface area contributed by atoms with Gasteiger partial charge in [0.25, 0.3) is 0 Å². The van der Waals surface area contributed by atoms with Crippen molar-refractivity contribution in [2.24, 2.45) is 5.73 Å². The second-order valence-corrected chi connectivity index (χ2v) is 14.0. The van der Waals surface area contributed by atoms with Crippen LogP contribution in [0.2, 0.25) is 0 Å². The van der Waals surface area contributed by atoms with E-state index in [1.165, 1.54) is 83.5 Å². The summed E-state index contributed by atoms with van der Waals surface area (Å²) in [5, 5.41) is 2.69. The summed E-state index contributed by atoms with van der Waals surface area (Å²) in [7, 11) is 0. The maximum Gasteiger partial charge on any atom is 0.407 e. The van der Waals surface area contributed by atoms with Gasteiger partial charge in [0, 0.05) is 19.4 Å². The van der Waals surface area contributed by atoms with Gasteiger partial charge in [0.2, 0.25) is 0 Å². The standard InChI is InChI=1S/C24H47NO4.C15H31NO2/c1-6-8-10-12-14-17-21(18-15-13-11-9-7-2)28-22(26)19-16-20-25-23(27)29-24(3,4)5;1-3-5-6-7-8-11-14(10-4-2)18-15(17)12-9-13-16/h21H,6-20H2,1-5H3,(H,25,27);14H,3-13,16H2,1-2H3. The van der Waals surface area contributed by atoms with E-state index in [9.17, 15) is 14.4 Å². The second-order valence-electron chi connectivity index (χ2n) is 14.0. The molecule has 1 amide bonds. The number of unbranched alkanes of at least 4 members (excludes halogenated alkanes) is 12. The smallest absolute Gasteiger partial charge is 0.407 e. The third kappa shape index (κ3) is 36.8. The molecule has 3 N–H and O–H groups in total. The molecule has 0 heterocycles. The van der Waals surface area contributed by atoms with Crippen molar-refractivity contribution in [2.75, 3.05) is 13.1 Å². The van der Waals surface area contributed by atoms with Crippen molar-refractivity contribution in [3.05, 3.63) is 0 Å². The first-order valence-electron chi connectivity index (χ1n) is 19.6. The number of carbonyl (C=O) groups excluding carboxylic acids is 3. The van der Waals surface area contributed by atoms with Crippen molar-refractivity contribution in [3.8, 4) is 0 Å². The zero-order chi connectivity index (χ0) is 35.6. The van der Waals surface area contributed by atoms with E-state index in [2.05, 4.69) is 33.0 Å². The Balaban J connectivity index is 0. The summed E-state index contributed by atoms with van der Waals surface area (Å²) in [6, 6.07) is 0. The van der Waals surface area contributed by atoms with E-state index in [0.29, 0.717) is 32.4 Å². The largest absolute Gasteiger partial charge is 0.462 e. The minimum absolute atomic E-state index is 0.0459. The van der Waals surface area contributed by atoms with Crippen LogP contribution >= 0.6 is 0 Å². The molecule has 0 fully saturated rings. The van der Waals surface area contributed by atoms with Gasteiger partial charge in [-0.2, -0.15) is 0 Å². The van der Waals surface area contributed by atoms with Gasteiger partial charge in [0.1, 0.15) is 17.8 Å². The van der Waals surface area contributed by atoms with E-state index in [4.69, 9.17) is 19.9 Å². The van der Waals surface area contributed by atoms with Crippen molar-refractivity contribution in [1.29, 1.82) is 0 Å². The predicted octanol–water partition coefficient (Wildman–Crippen LogP) is 10.7. The highest BCUT2D eigenvalue weighted by Crippen LogP contribution is 2.18. The van der Waals surface area contributed by atoms with Gasteiger partial charge in [0.05, 0.1) is 0 Å². The maximum atomic E-state index is 12.2. The fourth-order valence-electron chi connectivity index (χ4n) is 5.25. The molecule has 47 heavy (non-hydrogen) atoms. The van der Waals surface area contributed by atoms with E-state index >= 15 is 0 Å². The summed E-state index contributed by atoms with van der Waals surface area (Å²) in [4.78, 5) is 35.4. The quantitative estimate of drug-likeness (QED) is 0.0462. The van der Waals surface area contributed by atoms with Crippen LogP contribution in [0.1, 0.15) is 203 Å². The molecule has 8 heteroatoms. The first-order chi connectivity index (χ1) is 22.5. The van der Waals surface area contributed by atoms with Gasteiger partial charge in [-0.3, -0.25) is 9.59 Å². The summed E-state index contributed by atoms with van der Waals surface area (Å²) in [5.74, 6) is -0.226. The molecule has 1 unspecified atom stereocenters. The lowest BCUT2D eigenvalue weighted by Crippen LogP contribution is -2.33. The number of hydrogen-bond donors (Lipinski definition) is 2. The van der Waals surface area contributed by atoms with Crippen molar-refractivity contribution >= 4 is 18.0 Å². The lowest BCUT2D eigenvalue weighted by Gasteiger charge is -2.20. The summed E-state index contributed by atoms with van der Waals surface area (Å²) in [6.07, 6.45) is 25.5. The third-order valence-electron chi connectivity index (χ3n) is 7.91. The highest BCUT2D eigenvalue weighted by atomic mass is 16.6. The summed E-state index contributed by atoms with van der Waals surface area (Å²) in [5.41, 5.74) is 4.88. The highest BCUT2D eigenvalue weighted by molar-refractivity contribution is 5.70. The fraction of sp³-hybridized carbons (Fsp3) is 0.923. The molecular formula is C39H78N2O6. The Morgan fingerprint density at radius 1 is 0.553 bits per heavy atom. The molecule has 0 rings (SSSR count). The van der Waals surface area contributed by atoms with Crippen LogP contribution in [0.3, 0.4) is 0 Å². The highest BCUT2D eigenvalue weighted by Gasteiger charge is 2.17. The number of carbonyl (C=O) groups is 3. The Morgan fingerprint density at radius 3 is 1.34 bits per heavy atom. The van der Waals surface area contributed by atoms with E-state index in [1.54, 1.807) is 0 Å². The van der Waals surface area contributed by atoms with Gasteiger partial charge in [-0.25, -0.2) is 4.79 Å². The summed E-state index contributed by atoms with van der Waals surface area (Å²) >= 11 is 0. The topological polar surface area (TPSA) is 117 Å². The minimum atomic E-state index is -0.509. The Morgan fingerprint density at radius 2 is 0.957 bits per heavy atom. The monoisotopic (exact) mass is 671 g/mol. The molecule has 0 aromatic heterocycles. The Bertz CT molecular complexity index is 711. The molecule has 0 bridgehead atoms. The van der Waals surface area contributed by atoms with Gasteiger partial charge >= 0.3 is 18.0 Å². The molecule has 0 aromatic rings. The molecule has 0 saturated carbocycles. The van der Waals surface area contributed by atoms with Crippen LogP contribution in [0.15, 0.2) is 0 Å². The molecule has 0 aromatic carbocycles. The molecule has 0 aliphatic rings. The number of amides is 1. The summed E-state index contributed by atoms with van der Waals surface area (Å²) in [6.45, 7) is 15.3. The van der Waals surface area contributed by atoms with Gasteiger partial charge in [-0.05, 0) is 85.1 Å². The Kier molecular flexibility index (Phi) is 34.3. The average Bonchev–Trinajstić information content (AvgIpc) is 3.01. The molecule has 0 aliphatic heterocycles. The number of alkyl carbamates (subject to hydrolysis) is 1. The SMILES string of the molecule is CCCCCCCC(CCC)OC(=O)CCCN.CCCCCCCC(CCCCCCC)OC(=O)CCCNC(=O)OC(C)(C)C. The molecule has 280 valence electrons. The van der Waals surface area contributed by atoms with Crippen molar-refractivity contribution in [2.45, 2.75) is 220 Å². The lowest BCUT2D eigenvalue weighted by molar-refractivity contribution is -0.150. The van der Waals surface area contributed by atoms with Crippen molar-refractivity contribution in [1.82, 2.24) is 5.32 Å². The molecule has 0 radical (unpaired) electrons. The average molecular weight is 671 g/mol. The van der Waals surface area contributed by atoms with Gasteiger partial charge < -0.3 is 25.3 Å². The molecule has 0 saturated heterocycles. The summed E-state index contributed by atoms with van der Waals surface area (Å²) < 4.78 is 16.5. The zero-order valence-corrected chi connectivity index (χ0v) is 32.1. The number of nitrogens with one attached hydrogen (secondary N) is 1. The van der Waals surface area contributed by atoms with Crippen molar-refractivity contribution in [3.63, 3.8) is 0 Å². The van der Waals surface area contributed by atoms with Crippen LogP contribution < -0.4 is 11.1 Å².